The van der Waals surface area contributed by atoms with Crippen LogP contribution in [0.3, 0.4) is 0 Å². The zero-order chi connectivity index (χ0) is 20.1. The first kappa shape index (κ1) is 19.6. The quantitative estimate of drug-likeness (QED) is 0.739. The number of nitrogens with zero attached hydrogens (tertiary/aromatic N) is 1. The zero-order valence-corrected chi connectivity index (χ0v) is 17.3. The lowest BCUT2D eigenvalue weighted by atomic mass is 9.53. The maximum Gasteiger partial charge on any atom is 0.243 e. The van der Waals surface area contributed by atoms with Gasteiger partial charge in [0.2, 0.25) is 15.9 Å². The van der Waals surface area contributed by atoms with Gasteiger partial charge in [-0.15, -0.1) is 0 Å². The van der Waals surface area contributed by atoms with Gasteiger partial charge >= 0.3 is 0 Å². The summed E-state index contributed by atoms with van der Waals surface area (Å²) in [6.07, 6.45) is 6.98. The number of hydrogen-bond donors (Lipinski definition) is 1. The third kappa shape index (κ3) is 3.62. The summed E-state index contributed by atoms with van der Waals surface area (Å²) in [6.45, 7) is 1.24. The molecule has 0 unspecified atom stereocenters. The molecular weight excluding hydrogens is 376 g/mol. The number of ketones is 1. The van der Waals surface area contributed by atoms with Crippen molar-refractivity contribution in [2.24, 2.45) is 17.8 Å². The van der Waals surface area contributed by atoms with Gasteiger partial charge in [-0.2, -0.15) is 4.31 Å². The number of amides is 1. The first-order valence-corrected chi connectivity index (χ1v) is 11.5. The molecular formula is C21H28N2O4S. The molecule has 1 aromatic carbocycles. The van der Waals surface area contributed by atoms with E-state index in [-0.39, 0.29) is 28.7 Å². The highest BCUT2D eigenvalue weighted by atomic mass is 32.2. The summed E-state index contributed by atoms with van der Waals surface area (Å²) < 4.78 is 26.6. The normalized spacial score (nSPS) is 31.2. The van der Waals surface area contributed by atoms with Gasteiger partial charge in [0, 0.05) is 18.2 Å². The summed E-state index contributed by atoms with van der Waals surface area (Å²) in [5.74, 6) is 1.80. The number of carbonyl (C=O) groups is 2. The van der Waals surface area contributed by atoms with Crippen LogP contribution in [0.25, 0.3) is 0 Å². The molecule has 4 aliphatic carbocycles. The van der Waals surface area contributed by atoms with Crippen molar-refractivity contribution in [3.8, 4) is 0 Å². The minimum absolute atomic E-state index is 0.0857. The molecule has 4 bridgehead atoms. The molecule has 5 rings (SSSR count). The molecule has 7 heteroatoms. The van der Waals surface area contributed by atoms with Gasteiger partial charge in [0.1, 0.15) is 0 Å². The van der Waals surface area contributed by atoms with Crippen LogP contribution >= 0.6 is 0 Å². The Hall–Kier alpha value is -1.73. The standard InChI is InChI=1S/C21H28N2O4S/c1-14(24)18-3-5-19(6-4-18)28(26,27)23(2)13-20(25)22-21-10-15-7-16(11-21)9-17(8-15)12-21/h3-6,15-17H,7-13H2,1-2H3,(H,22,25). The molecule has 1 N–H and O–H groups in total. The van der Waals surface area contributed by atoms with E-state index in [1.807, 2.05) is 0 Å². The Morgan fingerprint density at radius 1 is 1.04 bits per heavy atom. The topological polar surface area (TPSA) is 83.6 Å². The van der Waals surface area contributed by atoms with Crippen LogP contribution in [-0.2, 0) is 14.8 Å². The summed E-state index contributed by atoms with van der Waals surface area (Å²) in [6, 6.07) is 5.83. The summed E-state index contributed by atoms with van der Waals surface area (Å²) in [7, 11) is -2.36. The van der Waals surface area contributed by atoms with Gasteiger partial charge in [-0.1, -0.05) is 12.1 Å². The number of Topliss-reactive ketones (excluding diaryl/α,β-unsaturated/α-hetero) is 1. The molecule has 0 radical (unpaired) electrons. The van der Waals surface area contributed by atoms with E-state index in [4.69, 9.17) is 0 Å². The van der Waals surface area contributed by atoms with Crippen molar-refractivity contribution >= 4 is 21.7 Å². The molecule has 4 fully saturated rings. The van der Waals surface area contributed by atoms with Crippen LogP contribution in [0.2, 0.25) is 0 Å². The molecule has 0 spiro atoms. The minimum Gasteiger partial charge on any atom is -0.349 e. The van der Waals surface area contributed by atoms with Crippen molar-refractivity contribution < 1.29 is 18.0 Å². The molecule has 4 saturated carbocycles. The number of benzene rings is 1. The summed E-state index contributed by atoms with van der Waals surface area (Å²) >= 11 is 0. The fourth-order valence-electron chi connectivity index (χ4n) is 5.93. The van der Waals surface area contributed by atoms with E-state index in [2.05, 4.69) is 5.32 Å². The van der Waals surface area contributed by atoms with Crippen LogP contribution < -0.4 is 5.32 Å². The monoisotopic (exact) mass is 404 g/mol. The third-order valence-corrected chi connectivity index (χ3v) is 8.60. The van der Waals surface area contributed by atoms with Crippen molar-refractivity contribution in [3.63, 3.8) is 0 Å². The molecule has 152 valence electrons. The maximum absolute atomic E-state index is 12.8. The Balaban J connectivity index is 1.42. The van der Waals surface area contributed by atoms with Crippen LogP contribution in [0.15, 0.2) is 29.2 Å². The van der Waals surface area contributed by atoms with Gasteiger partial charge < -0.3 is 5.32 Å². The Labute approximate surface area is 166 Å². The summed E-state index contributed by atoms with van der Waals surface area (Å²) in [5, 5.41) is 3.21. The lowest BCUT2D eigenvalue weighted by Gasteiger charge is -2.57. The number of sulfonamides is 1. The first-order valence-electron chi connectivity index (χ1n) is 10.1. The van der Waals surface area contributed by atoms with Crippen LogP contribution in [0.4, 0.5) is 0 Å². The Morgan fingerprint density at radius 3 is 2.00 bits per heavy atom. The van der Waals surface area contributed by atoms with Crippen molar-refractivity contribution in [1.82, 2.24) is 9.62 Å². The van der Waals surface area contributed by atoms with E-state index in [1.165, 1.54) is 57.5 Å². The second kappa shape index (κ2) is 6.95. The Bertz CT molecular complexity index is 856. The third-order valence-electron chi connectivity index (χ3n) is 6.78. The predicted molar refractivity (Wildman–Crippen MR) is 105 cm³/mol. The molecule has 0 atom stereocenters. The smallest absolute Gasteiger partial charge is 0.243 e. The summed E-state index contributed by atoms with van der Waals surface area (Å²) in [5.41, 5.74) is 0.334. The number of likely N-dealkylation sites (N-methyl/N-ethyl adjacent to an activating group) is 1. The average Bonchev–Trinajstić information content (AvgIpc) is 2.59. The highest BCUT2D eigenvalue weighted by Gasteiger charge is 2.51. The van der Waals surface area contributed by atoms with Crippen molar-refractivity contribution in [3.05, 3.63) is 29.8 Å². The second-order valence-corrected chi connectivity index (χ2v) is 11.1. The number of rotatable bonds is 6. The Morgan fingerprint density at radius 2 is 1.54 bits per heavy atom. The highest BCUT2D eigenvalue weighted by molar-refractivity contribution is 7.89. The summed E-state index contributed by atoms with van der Waals surface area (Å²) in [4.78, 5) is 24.2. The largest absolute Gasteiger partial charge is 0.349 e. The van der Waals surface area contributed by atoms with Crippen molar-refractivity contribution in [2.45, 2.75) is 55.9 Å². The number of hydrogen-bond acceptors (Lipinski definition) is 4. The van der Waals surface area contributed by atoms with E-state index < -0.39 is 10.0 Å². The highest BCUT2D eigenvalue weighted by Crippen LogP contribution is 2.55. The molecule has 28 heavy (non-hydrogen) atoms. The van der Waals surface area contributed by atoms with E-state index >= 15 is 0 Å². The Kier molecular flexibility index (Phi) is 4.86. The molecule has 0 saturated heterocycles. The minimum atomic E-state index is -3.78. The fraction of sp³-hybridized carbons (Fsp3) is 0.619. The fourth-order valence-corrected chi connectivity index (χ4v) is 7.05. The van der Waals surface area contributed by atoms with Crippen molar-refractivity contribution in [1.29, 1.82) is 0 Å². The lowest BCUT2D eigenvalue weighted by molar-refractivity contribution is -0.126. The molecule has 0 heterocycles. The SMILES string of the molecule is CC(=O)c1ccc(S(=O)(=O)N(C)CC(=O)NC23CC4CC(CC(C4)C2)C3)cc1. The van der Waals surface area contributed by atoms with Gasteiger partial charge in [0.05, 0.1) is 11.4 Å². The predicted octanol–water partition coefficient (Wildman–Crippen LogP) is 2.59. The van der Waals surface area contributed by atoms with E-state index in [0.717, 1.165) is 23.6 Å². The zero-order valence-electron chi connectivity index (χ0n) is 16.5. The van der Waals surface area contributed by atoms with Crippen LogP contribution in [0.1, 0.15) is 55.8 Å². The van der Waals surface area contributed by atoms with Gasteiger partial charge in [0.15, 0.2) is 5.78 Å². The van der Waals surface area contributed by atoms with Gasteiger partial charge in [-0.25, -0.2) is 8.42 Å². The molecule has 1 aromatic rings. The van der Waals surface area contributed by atoms with Gasteiger partial charge in [-0.3, -0.25) is 9.59 Å². The van der Waals surface area contributed by atoms with E-state index in [0.29, 0.717) is 23.3 Å². The number of nitrogens with one attached hydrogen (secondary N) is 1. The number of carbonyl (C=O) groups excluding carboxylic acids is 2. The van der Waals surface area contributed by atoms with Crippen LogP contribution in [0, 0.1) is 17.8 Å². The first-order chi connectivity index (χ1) is 13.2. The van der Waals surface area contributed by atoms with E-state index in [9.17, 15) is 18.0 Å². The lowest BCUT2D eigenvalue weighted by Crippen LogP contribution is -2.61. The molecule has 0 aromatic heterocycles. The van der Waals surface area contributed by atoms with Crippen molar-refractivity contribution in [2.75, 3.05) is 13.6 Å². The van der Waals surface area contributed by atoms with Gasteiger partial charge in [-0.05, 0) is 75.3 Å². The molecule has 1 amide bonds. The van der Waals surface area contributed by atoms with Gasteiger partial charge in [0.25, 0.3) is 0 Å². The molecule has 4 aliphatic rings. The van der Waals surface area contributed by atoms with Crippen LogP contribution in [-0.4, -0.2) is 43.5 Å². The van der Waals surface area contributed by atoms with E-state index in [1.54, 1.807) is 0 Å². The second-order valence-electron chi connectivity index (χ2n) is 9.09. The molecule has 6 nitrogen and oxygen atoms in total. The molecule has 0 aliphatic heterocycles. The maximum atomic E-state index is 12.8. The van der Waals surface area contributed by atoms with Crippen LogP contribution in [0.5, 0.6) is 0 Å². The average molecular weight is 405 g/mol.